The first kappa shape index (κ1) is 8.93. The van der Waals surface area contributed by atoms with Gasteiger partial charge in [-0.05, 0) is 35.1 Å². The van der Waals surface area contributed by atoms with Crippen LogP contribution in [0.25, 0.3) is 10.8 Å². The maximum Gasteiger partial charge on any atom is 0.0108 e. The Hall–Kier alpha value is -1.34. The van der Waals surface area contributed by atoms with Gasteiger partial charge >= 0.3 is 0 Å². The van der Waals surface area contributed by atoms with E-state index in [1.165, 1.54) is 29.2 Å². The summed E-state index contributed by atoms with van der Waals surface area (Å²) in [6.07, 6.45) is 2.42. The number of fused-ring (bicyclic) bond motifs is 1. The Morgan fingerprint density at radius 2 is 1.73 bits per heavy atom. The molecule has 0 heterocycles. The van der Waals surface area contributed by atoms with E-state index in [1.807, 2.05) is 0 Å². The standard InChI is InChI=1S/C14H15N/c15-14-9-8-13(14)12-7-3-5-10-4-1-2-6-11(10)12/h1-7,13-14H,8-9,15H2. The lowest BCUT2D eigenvalue weighted by Gasteiger charge is -2.34. The highest BCUT2D eigenvalue weighted by Crippen LogP contribution is 2.38. The van der Waals surface area contributed by atoms with Gasteiger partial charge in [0, 0.05) is 6.04 Å². The van der Waals surface area contributed by atoms with Crippen molar-refractivity contribution in [1.82, 2.24) is 0 Å². The van der Waals surface area contributed by atoms with Crippen LogP contribution >= 0.6 is 0 Å². The van der Waals surface area contributed by atoms with Crippen molar-refractivity contribution in [3.63, 3.8) is 0 Å². The summed E-state index contributed by atoms with van der Waals surface area (Å²) < 4.78 is 0. The van der Waals surface area contributed by atoms with Crippen LogP contribution in [0.2, 0.25) is 0 Å². The van der Waals surface area contributed by atoms with E-state index < -0.39 is 0 Å². The molecule has 2 atom stereocenters. The molecule has 1 heteroatoms. The van der Waals surface area contributed by atoms with Crippen molar-refractivity contribution >= 4 is 10.8 Å². The number of hydrogen-bond acceptors (Lipinski definition) is 1. The van der Waals surface area contributed by atoms with Gasteiger partial charge in [-0.15, -0.1) is 0 Å². The van der Waals surface area contributed by atoms with E-state index in [0.29, 0.717) is 12.0 Å². The van der Waals surface area contributed by atoms with E-state index in [4.69, 9.17) is 5.73 Å². The number of benzene rings is 2. The van der Waals surface area contributed by atoms with Crippen molar-refractivity contribution < 1.29 is 0 Å². The molecule has 3 rings (SSSR count). The summed E-state index contributed by atoms with van der Waals surface area (Å²) in [6, 6.07) is 15.5. The third-order valence-corrected chi connectivity index (χ3v) is 3.55. The van der Waals surface area contributed by atoms with Gasteiger partial charge < -0.3 is 5.73 Å². The summed E-state index contributed by atoms with van der Waals surface area (Å²) in [5, 5.41) is 2.70. The van der Waals surface area contributed by atoms with E-state index in [9.17, 15) is 0 Å². The highest BCUT2D eigenvalue weighted by Gasteiger charge is 2.29. The predicted octanol–water partition coefficient (Wildman–Crippen LogP) is 3.04. The van der Waals surface area contributed by atoms with Gasteiger partial charge in [0.05, 0.1) is 0 Å². The molecule has 1 aliphatic carbocycles. The second kappa shape index (κ2) is 3.35. The van der Waals surface area contributed by atoms with Crippen LogP contribution in [0.15, 0.2) is 42.5 Å². The third-order valence-electron chi connectivity index (χ3n) is 3.55. The lowest BCUT2D eigenvalue weighted by atomic mass is 9.74. The van der Waals surface area contributed by atoms with Crippen molar-refractivity contribution in [3.05, 3.63) is 48.0 Å². The second-order valence-corrected chi connectivity index (χ2v) is 4.42. The summed E-state index contributed by atoms with van der Waals surface area (Å²) in [6.45, 7) is 0. The van der Waals surface area contributed by atoms with Crippen molar-refractivity contribution in [1.29, 1.82) is 0 Å². The summed E-state index contributed by atoms with van der Waals surface area (Å²) >= 11 is 0. The summed E-state index contributed by atoms with van der Waals surface area (Å²) in [5.41, 5.74) is 7.48. The lowest BCUT2D eigenvalue weighted by Crippen LogP contribution is -2.37. The molecule has 1 fully saturated rings. The molecule has 2 aromatic rings. The molecule has 0 saturated heterocycles. The Kier molecular flexibility index (Phi) is 2.00. The van der Waals surface area contributed by atoms with Crippen LogP contribution in [0.5, 0.6) is 0 Å². The van der Waals surface area contributed by atoms with Gasteiger partial charge in [0.25, 0.3) is 0 Å². The zero-order chi connectivity index (χ0) is 10.3. The van der Waals surface area contributed by atoms with E-state index in [-0.39, 0.29) is 0 Å². The minimum Gasteiger partial charge on any atom is -0.327 e. The molecule has 2 unspecified atom stereocenters. The quantitative estimate of drug-likeness (QED) is 0.747. The number of nitrogens with two attached hydrogens (primary N) is 1. The Morgan fingerprint density at radius 3 is 2.47 bits per heavy atom. The van der Waals surface area contributed by atoms with Crippen molar-refractivity contribution in [2.75, 3.05) is 0 Å². The molecule has 0 bridgehead atoms. The molecular weight excluding hydrogens is 182 g/mol. The number of rotatable bonds is 1. The van der Waals surface area contributed by atoms with Gasteiger partial charge in [-0.25, -0.2) is 0 Å². The van der Waals surface area contributed by atoms with Crippen LogP contribution in [-0.2, 0) is 0 Å². The molecule has 0 spiro atoms. The van der Waals surface area contributed by atoms with Crippen LogP contribution in [0.3, 0.4) is 0 Å². The first-order valence-corrected chi connectivity index (χ1v) is 5.59. The Morgan fingerprint density at radius 1 is 0.933 bits per heavy atom. The Labute approximate surface area is 89.9 Å². The molecule has 0 amide bonds. The first-order valence-electron chi connectivity index (χ1n) is 5.59. The third kappa shape index (κ3) is 1.35. The van der Waals surface area contributed by atoms with Gasteiger partial charge in [0.15, 0.2) is 0 Å². The average Bonchev–Trinajstić information content (AvgIpc) is 2.28. The topological polar surface area (TPSA) is 26.0 Å². The van der Waals surface area contributed by atoms with Gasteiger partial charge in [-0.3, -0.25) is 0 Å². The molecule has 0 aromatic heterocycles. The smallest absolute Gasteiger partial charge is 0.0108 e. The fourth-order valence-electron chi connectivity index (χ4n) is 2.49. The molecule has 1 nitrogen and oxygen atoms in total. The molecule has 1 saturated carbocycles. The highest BCUT2D eigenvalue weighted by atomic mass is 14.7. The van der Waals surface area contributed by atoms with Gasteiger partial charge in [-0.1, -0.05) is 42.5 Å². The molecule has 0 aliphatic heterocycles. The molecule has 2 aromatic carbocycles. The van der Waals surface area contributed by atoms with Gasteiger partial charge in [0.2, 0.25) is 0 Å². The SMILES string of the molecule is NC1CCC1c1cccc2ccccc12. The van der Waals surface area contributed by atoms with E-state index in [1.54, 1.807) is 0 Å². The normalized spacial score (nSPS) is 25.1. The van der Waals surface area contributed by atoms with Crippen LogP contribution < -0.4 is 5.73 Å². The predicted molar refractivity (Wildman–Crippen MR) is 63.9 cm³/mol. The Balaban J connectivity index is 2.17. The second-order valence-electron chi connectivity index (χ2n) is 4.42. The molecule has 0 radical (unpaired) electrons. The summed E-state index contributed by atoms with van der Waals surface area (Å²) in [5.74, 6) is 0.580. The lowest BCUT2D eigenvalue weighted by molar-refractivity contribution is 0.348. The average molecular weight is 197 g/mol. The van der Waals surface area contributed by atoms with Crippen LogP contribution in [0, 0.1) is 0 Å². The first-order chi connectivity index (χ1) is 7.36. The van der Waals surface area contributed by atoms with Crippen LogP contribution in [-0.4, -0.2) is 6.04 Å². The fourth-order valence-corrected chi connectivity index (χ4v) is 2.49. The maximum absolute atomic E-state index is 6.05. The maximum atomic E-state index is 6.05. The van der Waals surface area contributed by atoms with Crippen molar-refractivity contribution in [2.24, 2.45) is 5.73 Å². The molecule has 76 valence electrons. The van der Waals surface area contributed by atoms with E-state index in [0.717, 1.165) is 0 Å². The van der Waals surface area contributed by atoms with Gasteiger partial charge in [0.1, 0.15) is 0 Å². The van der Waals surface area contributed by atoms with Crippen LogP contribution in [0.1, 0.15) is 24.3 Å². The molecule has 2 N–H and O–H groups in total. The molecule has 1 aliphatic rings. The summed E-state index contributed by atoms with van der Waals surface area (Å²) in [4.78, 5) is 0. The zero-order valence-electron chi connectivity index (χ0n) is 8.69. The van der Waals surface area contributed by atoms with E-state index in [2.05, 4.69) is 42.5 Å². The number of hydrogen-bond donors (Lipinski definition) is 1. The van der Waals surface area contributed by atoms with Crippen molar-refractivity contribution in [2.45, 2.75) is 24.8 Å². The largest absolute Gasteiger partial charge is 0.327 e. The monoisotopic (exact) mass is 197 g/mol. The van der Waals surface area contributed by atoms with Gasteiger partial charge in [-0.2, -0.15) is 0 Å². The molecular formula is C14H15N. The zero-order valence-corrected chi connectivity index (χ0v) is 8.69. The van der Waals surface area contributed by atoms with Crippen LogP contribution in [0.4, 0.5) is 0 Å². The highest BCUT2D eigenvalue weighted by molar-refractivity contribution is 5.86. The fraction of sp³-hybridized carbons (Fsp3) is 0.286. The molecule has 15 heavy (non-hydrogen) atoms. The summed E-state index contributed by atoms with van der Waals surface area (Å²) in [7, 11) is 0. The van der Waals surface area contributed by atoms with Crippen molar-refractivity contribution in [3.8, 4) is 0 Å². The minimum atomic E-state index is 0.371. The Bertz CT molecular complexity index is 484. The van der Waals surface area contributed by atoms with E-state index >= 15 is 0 Å². The minimum absolute atomic E-state index is 0.371.